The Morgan fingerprint density at radius 3 is 2.56 bits per heavy atom. The Balaban J connectivity index is 1.87. The number of benzene rings is 1. The molecule has 0 saturated carbocycles. The summed E-state index contributed by atoms with van der Waals surface area (Å²) in [6.07, 6.45) is -0.310. The molecule has 16 heavy (non-hydrogen) atoms. The van der Waals surface area contributed by atoms with E-state index in [-0.39, 0.29) is 12.1 Å². The summed E-state index contributed by atoms with van der Waals surface area (Å²) in [7, 11) is 0. The van der Waals surface area contributed by atoms with Gasteiger partial charge in [0.05, 0.1) is 6.61 Å². The molecule has 3 nitrogen and oxygen atoms in total. The van der Waals surface area contributed by atoms with E-state index in [1.165, 1.54) is 5.56 Å². The van der Waals surface area contributed by atoms with Gasteiger partial charge in [-0.2, -0.15) is 0 Å². The van der Waals surface area contributed by atoms with Crippen LogP contribution in [0.25, 0.3) is 0 Å². The second kappa shape index (κ2) is 4.66. The molecule has 1 fully saturated rings. The van der Waals surface area contributed by atoms with Crippen molar-refractivity contribution in [2.45, 2.75) is 32.5 Å². The molecule has 1 aliphatic heterocycles. The first kappa shape index (κ1) is 11.1. The van der Waals surface area contributed by atoms with Gasteiger partial charge in [0.1, 0.15) is 6.61 Å². The summed E-state index contributed by atoms with van der Waals surface area (Å²) < 4.78 is 9.92. The van der Waals surface area contributed by atoms with Crippen molar-refractivity contribution >= 4 is 5.97 Å². The van der Waals surface area contributed by atoms with E-state index in [4.69, 9.17) is 9.47 Å². The van der Waals surface area contributed by atoms with Gasteiger partial charge in [0.25, 0.3) is 0 Å². The Bertz CT molecular complexity index is 363. The van der Waals surface area contributed by atoms with E-state index < -0.39 is 0 Å². The summed E-state index contributed by atoms with van der Waals surface area (Å²) in [6.45, 7) is 5.14. The average Bonchev–Trinajstić information content (AvgIpc) is 3.10. The summed E-state index contributed by atoms with van der Waals surface area (Å²) in [5, 5.41) is 0. The molecule has 0 radical (unpaired) electrons. The topological polar surface area (TPSA) is 38.8 Å². The first-order valence-electron chi connectivity index (χ1n) is 5.54. The highest BCUT2D eigenvalue weighted by Crippen LogP contribution is 2.16. The van der Waals surface area contributed by atoms with E-state index in [1.54, 1.807) is 0 Å². The predicted molar refractivity (Wildman–Crippen MR) is 60.1 cm³/mol. The van der Waals surface area contributed by atoms with Gasteiger partial charge < -0.3 is 9.47 Å². The molecule has 0 N–H and O–H groups in total. The van der Waals surface area contributed by atoms with Crippen LogP contribution >= 0.6 is 0 Å². The summed E-state index contributed by atoms with van der Waals surface area (Å²) >= 11 is 0. The lowest BCUT2D eigenvalue weighted by molar-refractivity contribution is -0.146. The number of hydrogen-bond acceptors (Lipinski definition) is 3. The van der Waals surface area contributed by atoms with Crippen LogP contribution in [0.2, 0.25) is 0 Å². The van der Waals surface area contributed by atoms with E-state index in [0.29, 0.717) is 19.1 Å². The number of carbonyl (C=O) groups is 1. The first-order valence-corrected chi connectivity index (χ1v) is 5.54. The van der Waals surface area contributed by atoms with Crippen LogP contribution in [0.5, 0.6) is 0 Å². The fourth-order valence-corrected chi connectivity index (χ4v) is 1.43. The zero-order valence-corrected chi connectivity index (χ0v) is 9.60. The number of esters is 1. The van der Waals surface area contributed by atoms with Crippen LogP contribution in [0, 0.1) is 0 Å². The first-order chi connectivity index (χ1) is 7.66. The monoisotopic (exact) mass is 220 g/mol. The zero-order chi connectivity index (χ0) is 11.5. The fourth-order valence-electron chi connectivity index (χ4n) is 1.43. The van der Waals surface area contributed by atoms with Crippen LogP contribution in [-0.2, 0) is 20.9 Å². The number of carbonyl (C=O) groups excluding carboxylic acids is 1. The normalized spacial score (nSPS) is 18.6. The van der Waals surface area contributed by atoms with Crippen molar-refractivity contribution < 1.29 is 14.3 Å². The molecule has 1 atom stereocenters. The maximum atomic E-state index is 11.2. The third-order valence-electron chi connectivity index (χ3n) is 2.62. The van der Waals surface area contributed by atoms with E-state index in [9.17, 15) is 4.79 Å². The standard InChI is InChI=1S/C13H16O3/c1-9(2)11-5-3-10(4-6-11)7-16-13(14)12-8-15-12/h3-6,9,12H,7-8H2,1-2H3. The third kappa shape index (κ3) is 2.83. The van der Waals surface area contributed by atoms with Gasteiger partial charge in [0, 0.05) is 0 Å². The lowest BCUT2D eigenvalue weighted by atomic mass is 10.0. The minimum atomic E-state index is -0.310. The molecule has 86 valence electrons. The van der Waals surface area contributed by atoms with Gasteiger partial charge in [0.2, 0.25) is 0 Å². The molecule has 1 aromatic carbocycles. The molecule has 0 aromatic heterocycles. The van der Waals surface area contributed by atoms with Gasteiger partial charge >= 0.3 is 5.97 Å². The van der Waals surface area contributed by atoms with Crippen molar-refractivity contribution in [1.82, 2.24) is 0 Å². The van der Waals surface area contributed by atoms with Crippen molar-refractivity contribution in [3.05, 3.63) is 35.4 Å². The number of ether oxygens (including phenoxy) is 2. The van der Waals surface area contributed by atoms with Gasteiger partial charge in [-0.15, -0.1) is 0 Å². The largest absolute Gasteiger partial charge is 0.459 e. The van der Waals surface area contributed by atoms with Crippen molar-refractivity contribution in [3.8, 4) is 0 Å². The molecule has 1 heterocycles. The fraction of sp³-hybridized carbons (Fsp3) is 0.462. The average molecular weight is 220 g/mol. The van der Waals surface area contributed by atoms with Gasteiger partial charge in [-0.1, -0.05) is 38.1 Å². The zero-order valence-electron chi connectivity index (χ0n) is 9.60. The molecule has 0 aliphatic carbocycles. The van der Waals surface area contributed by atoms with Crippen molar-refractivity contribution in [2.24, 2.45) is 0 Å². The second-order valence-corrected chi connectivity index (χ2v) is 4.33. The highest BCUT2D eigenvalue weighted by molar-refractivity contribution is 5.76. The molecule has 1 aliphatic rings. The third-order valence-corrected chi connectivity index (χ3v) is 2.62. The van der Waals surface area contributed by atoms with Gasteiger partial charge in [-0.05, 0) is 17.0 Å². The summed E-state index contributed by atoms with van der Waals surface area (Å²) in [6, 6.07) is 8.13. The van der Waals surface area contributed by atoms with Gasteiger partial charge in [0.15, 0.2) is 6.10 Å². The van der Waals surface area contributed by atoms with E-state index >= 15 is 0 Å². The van der Waals surface area contributed by atoms with E-state index in [1.807, 2.05) is 12.1 Å². The lowest BCUT2D eigenvalue weighted by Gasteiger charge is -2.07. The van der Waals surface area contributed by atoms with Gasteiger partial charge in [-0.3, -0.25) is 0 Å². The Morgan fingerprint density at radius 1 is 1.44 bits per heavy atom. The SMILES string of the molecule is CC(C)c1ccc(COC(=O)C2CO2)cc1. The van der Waals surface area contributed by atoms with E-state index in [0.717, 1.165) is 5.56 Å². The van der Waals surface area contributed by atoms with E-state index in [2.05, 4.69) is 26.0 Å². The second-order valence-electron chi connectivity index (χ2n) is 4.33. The smallest absolute Gasteiger partial charge is 0.338 e. The van der Waals surface area contributed by atoms with Crippen molar-refractivity contribution in [2.75, 3.05) is 6.61 Å². The Labute approximate surface area is 95.4 Å². The maximum absolute atomic E-state index is 11.2. The summed E-state index contributed by atoms with van der Waals surface area (Å²) in [5.74, 6) is 0.268. The molecule has 0 spiro atoms. The van der Waals surface area contributed by atoms with Crippen LogP contribution < -0.4 is 0 Å². The molecule has 1 aromatic rings. The van der Waals surface area contributed by atoms with Crippen molar-refractivity contribution in [1.29, 1.82) is 0 Å². The molecule has 1 saturated heterocycles. The van der Waals surface area contributed by atoms with Crippen LogP contribution in [0.4, 0.5) is 0 Å². The Hall–Kier alpha value is -1.35. The van der Waals surface area contributed by atoms with Crippen LogP contribution in [-0.4, -0.2) is 18.7 Å². The number of epoxide rings is 1. The highest BCUT2D eigenvalue weighted by Gasteiger charge is 2.32. The lowest BCUT2D eigenvalue weighted by Crippen LogP contribution is -2.11. The molecule has 0 amide bonds. The number of rotatable bonds is 4. The number of hydrogen-bond donors (Lipinski definition) is 0. The van der Waals surface area contributed by atoms with Crippen LogP contribution in [0.15, 0.2) is 24.3 Å². The summed E-state index contributed by atoms with van der Waals surface area (Å²) in [4.78, 5) is 11.2. The van der Waals surface area contributed by atoms with Crippen LogP contribution in [0.1, 0.15) is 30.9 Å². The Morgan fingerprint density at radius 2 is 2.06 bits per heavy atom. The predicted octanol–water partition coefficient (Wildman–Crippen LogP) is 2.25. The molecule has 3 heteroatoms. The van der Waals surface area contributed by atoms with Crippen LogP contribution in [0.3, 0.4) is 0 Å². The quantitative estimate of drug-likeness (QED) is 0.577. The highest BCUT2D eigenvalue weighted by atomic mass is 16.6. The molecule has 1 unspecified atom stereocenters. The summed E-state index contributed by atoms with van der Waals surface area (Å²) in [5.41, 5.74) is 2.30. The molecule has 0 bridgehead atoms. The maximum Gasteiger partial charge on any atom is 0.338 e. The van der Waals surface area contributed by atoms with Gasteiger partial charge in [-0.25, -0.2) is 4.79 Å². The molecular formula is C13H16O3. The molecular weight excluding hydrogens is 204 g/mol. The molecule has 2 rings (SSSR count). The minimum absolute atomic E-state index is 0.257. The minimum Gasteiger partial charge on any atom is -0.459 e. The Kier molecular flexibility index (Phi) is 3.25. The van der Waals surface area contributed by atoms with Crippen molar-refractivity contribution in [3.63, 3.8) is 0 Å².